The molecule has 1 N–H and O–H groups in total. The minimum atomic E-state index is -1.01. The number of halogens is 2. The van der Waals surface area contributed by atoms with Crippen LogP contribution in [0.5, 0.6) is 0 Å². The summed E-state index contributed by atoms with van der Waals surface area (Å²) >= 11 is 0. The lowest BCUT2D eigenvalue weighted by Gasteiger charge is -2.23. The van der Waals surface area contributed by atoms with Crippen LogP contribution in [0.2, 0.25) is 0 Å². The number of likely N-dealkylation sites (tertiary alicyclic amines) is 1. The van der Waals surface area contributed by atoms with Gasteiger partial charge in [-0.1, -0.05) is 18.6 Å². The van der Waals surface area contributed by atoms with Crippen LogP contribution >= 0.6 is 0 Å². The number of hydrogen-bond donors (Lipinski definition) is 1. The Kier molecular flexibility index (Phi) is 3.62. The number of amides is 1. The molecule has 6 heteroatoms. The number of benzene rings is 1. The molecule has 0 spiro atoms. The first-order valence-corrected chi connectivity index (χ1v) is 7.38. The first-order chi connectivity index (χ1) is 10.4. The van der Waals surface area contributed by atoms with Gasteiger partial charge in [-0.15, -0.1) is 0 Å². The Labute approximate surface area is 126 Å². The Bertz CT molecular complexity index is 634. The zero-order chi connectivity index (χ0) is 15.9. The topological polar surface area (TPSA) is 57.6 Å². The molecule has 2 aliphatic rings. The summed E-state index contributed by atoms with van der Waals surface area (Å²) in [6, 6.07) is 3.74. The van der Waals surface area contributed by atoms with Crippen LogP contribution in [0.15, 0.2) is 18.2 Å². The Balaban J connectivity index is 1.75. The molecular formula is C16H17F2NO3. The number of carboxylic acid groups (broad SMARTS) is 1. The Morgan fingerprint density at radius 1 is 1.36 bits per heavy atom. The van der Waals surface area contributed by atoms with Gasteiger partial charge in [0.15, 0.2) is 11.6 Å². The molecule has 0 radical (unpaired) electrons. The first kappa shape index (κ1) is 14.9. The summed E-state index contributed by atoms with van der Waals surface area (Å²) in [5, 5.41) is 9.50. The van der Waals surface area contributed by atoms with Gasteiger partial charge in [-0.3, -0.25) is 9.59 Å². The summed E-state index contributed by atoms with van der Waals surface area (Å²) in [4.78, 5) is 25.4. The van der Waals surface area contributed by atoms with E-state index in [4.69, 9.17) is 0 Å². The van der Waals surface area contributed by atoms with Crippen LogP contribution in [0.3, 0.4) is 0 Å². The zero-order valence-electron chi connectivity index (χ0n) is 12.0. The standard InChI is InChI=1S/C16H17F2NO3/c17-12-5-1-3-10(14(12)18)7-13(20)19-8-11-4-2-6-16(11,9-19)15(21)22/h1,3,5,11H,2,4,6-9H2,(H,21,22)/t11-,16+/m0/s1. The highest BCUT2D eigenvalue weighted by atomic mass is 19.2. The summed E-state index contributed by atoms with van der Waals surface area (Å²) in [5.41, 5.74) is -0.845. The molecule has 1 aliphatic carbocycles. The van der Waals surface area contributed by atoms with Gasteiger partial charge in [0.25, 0.3) is 0 Å². The fourth-order valence-electron chi connectivity index (χ4n) is 3.79. The molecule has 1 heterocycles. The highest BCUT2D eigenvalue weighted by molar-refractivity contribution is 5.82. The SMILES string of the molecule is O=C(Cc1cccc(F)c1F)N1C[C@@H]2CCC[C@@]2(C(=O)O)C1. The lowest BCUT2D eigenvalue weighted by Crippen LogP contribution is -2.37. The first-order valence-electron chi connectivity index (χ1n) is 7.38. The van der Waals surface area contributed by atoms with Crippen molar-refractivity contribution in [1.29, 1.82) is 0 Å². The second-order valence-corrected chi connectivity index (χ2v) is 6.21. The summed E-state index contributed by atoms with van der Waals surface area (Å²) in [6.45, 7) is 0.560. The van der Waals surface area contributed by atoms with Gasteiger partial charge in [0.1, 0.15) is 0 Å². The number of fused-ring (bicyclic) bond motifs is 1. The van der Waals surface area contributed by atoms with Crippen LogP contribution in [-0.4, -0.2) is 35.0 Å². The fourth-order valence-corrected chi connectivity index (χ4v) is 3.79. The summed E-state index contributed by atoms with van der Waals surface area (Å²) in [5.74, 6) is -3.23. The van der Waals surface area contributed by atoms with E-state index < -0.39 is 23.0 Å². The van der Waals surface area contributed by atoms with Crippen LogP contribution in [0.25, 0.3) is 0 Å². The number of carbonyl (C=O) groups is 2. The van der Waals surface area contributed by atoms with Gasteiger partial charge in [0, 0.05) is 18.7 Å². The van der Waals surface area contributed by atoms with E-state index in [9.17, 15) is 23.5 Å². The van der Waals surface area contributed by atoms with E-state index in [1.165, 1.54) is 17.0 Å². The van der Waals surface area contributed by atoms with Gasteiger partial charge in [-0.05, 0) is 24.8 Å². The second kappa shape index (κ2) is 5.34. The van der Waals surface area contributed by atoms with Gasteiger partial charge in [-0.25, -0.2) is 8.78 Å². The predicted molar refractivity (Wildman–Crippen MR) is 74.1 cm³/mol. The Hall–Kier alpha value is -1.98. The van der Waals surface area contributed by atoms with Crippen LogP contribution in [-0.2, 0) is 16.0 Å². The van der Waals surface area contributed by atoms with Crippen molar-refractivity contribution in [2.75, 3.05) is 13.1 Å². The highest BCUT2D eigenvalue weighted by Crippen LogP contribution is 2.48. The van der Waals surface area contributed by atoms with E-state index >= 15 is 0 Å². The van der Waals surface area contributed by atoms with Gasteiger partial charge in [-0.2, -0.15) is 0 Å². The van der Waals surface area contributed by atoms with Gasteiger partial charge in [0.05, 0.1) is 11.8 Å². The van der Waals surface area contributed by atoms with Gasteiger partial charge >= 0.3 is 5.97 Å². The molecular weight excluding hydrogens is 292 g/mol. The third kappa shape index (κ3) is 2.26. The minimum Gasteiger partial charge on any atom is -0.481 e. The van der Waals surface area contributed by atoms with Crippen molar-refractivity contribution < 1.29 is 23.5 Å². The average Bonchev–Trinajstić information content (AvgIpc) is 3.01. The third-order valence-electron chi connectivity index (χ3n) is 5.02. The van der Waals surface area contributed by atoms with Crippen molar-refractivity contribution >= 4 is 11.9 Å². The molecule has 1 aromatic rings. The van der Waals surface area contributed by atoms with Crippen LogP contribution in [0, 0.1) is 23.0 Å². The molecule has 0 unspecified atom stereocenters. The van der Waals surface area contributed by atoms with Crippen molar-refractivity contribution in [2.45, 2.75) is 25.7 Å². The molecule has 1 amide bonds. The van der Waals surface area contributed by atoms with Crippen molar-refractivity contribution in [1.82, 2.24) is 4.90 Å². The fraction of sp³-hybridized carbons (Fsp3) is 0.500. The monoisotopic (exact) mass is 309 g/mol. The maximum atomic E-state index is 13.6. The van der Waals surface area contributed by atoms with Crippen LogP contribution < -0.4 is 0 Å². The minimum absolute atomic E-state index is 0.00596. The summed E-state index contributed by atoms with van der Waals surface area (Å²) < 4.78 is 26.8. The van der Waals surface area contributed by atoms with Gasteiger partial charge in [0.2, 0.25) is 5.91 Å². The molecule has 1 aliphatic heterocycles. The molecule has 3 rings (SSSR count). The molecule has 0 bridgehead atoms. The van der Waals surface area contributed by atoms with E-state index in [0.29, 0.717) is 13.0 Å². The summed E-state index contributed by atoms with van der Waals surface area (Å²) in [7, 11) is 0. The van der Waals surface area contributed by atoms with Crippen molar-refractivity contribution in [2.24, 2.45) is 11.3 Å². The number of aliphatic carboxylic acids is 1. The quantitative estimate of drug-likeness (QED) is 0.931. The highest BCUT2D eigenvalue weighted by Gasteiger charge is 2.55. The average molecular weight is 309 g/mol. The lowest BCUT2D eigenvalue weighted by molar-refractivity contribution is -0.149. The molecule has 0 aromatic heterocycles. The maximum absolute atomic E-state index is 13.6. The molecule has 1 saturated carbocycles. The van der Waals surface area contributed by atoms with Crippen LogP contribution in [0.1, 0.15) is 24.8 Å². The van der Waals surface area contributed by atoms with Crippen molar-refractivity contribution in [3.05, 3.63) is 35.4 Å². The largest absolute Gasteiger partial charge is 0.481 e. The van der Waals surface area contributed by atoms with E-state index in [1.807, 2.05) is 0 Å². The van der Waals surface area contributed by atoms with Crippen molar-refractivity contribution in [3.63, 3.8) is 0 Å². The molecule has 22 heavy (non-hydrogen) atoms. The normalized spacial score (nSPS) is 27.0. The molecule has 118 valence electrons. The van der Waals surface area contributed by atoms with E-state index in [1.54, 1.807) is 0 Å². The smallest absolute Gasteiger partial charge is 0.311 e. The molecule has 2 atom stereocenters. The second-order valence-electron chi connectivity index (χ2n) is 6.21. The van der Waals surface area contributed by atoms with E-state index in [0.717, 1.165) is 18.9 Å². The molecule has 4 nitrogen and oxygen atoms in total. The maximum Gasteiger partial charge on any atom is 0.311 e. The van der Waals surface area contributed by atoms with E-state index in [-0.39, 0.29) is 30.4 Å². The van der Waals surface area contributed by atoms with Crippen molar-refractivity contribution in [3.8, 4) is 0 Å². The number of carbonyl (C=O) groups excluding carboxylic acids is 1. The zero-order valence-corrected chi connectivity index (χ0v) is 12.0. The van der Waals surface area contributed by atoms with E-state index in [2.05, 4.69) is 0 Å². The number of hydrogen-bond acceptors (Lipinski definition) is 2. The number of nitrogens with zero attached hydrogens (tertiary/aromatic N) is 1. The summed E-state index contributed by atoms with van der Waals surface area (Å²) in [6.07, 6.45) is 1.99. The number of carboxylic acids is 1. The third-order valence-corrected chi connectivity index (χ3v) is 5.02. The Morgan fingerprint density at radius 2 is 2.14 bits per heavy atom. The Morgan fingerprint density at radius 3 is 2.82 bits per heavy atom. The number of rotatable bonds is 3. The van der Waals surface area contributed by atoms with Crippen LogP contribution in [0.4, 0.5) is 8.78 Å². The molecule has 1 saturated heterocycles. The predicted octanol–water partition coefficient (Wildman–Crippen LogP) is 2.22. The lowest BCUT2D eigenvalue weighted by atomic mass is 9.81. The molecule has 2 fully saturated rings. The molecule has 1 aromatic carbocycles. The van der Waals surface area contributed by atoms with Gasteiger partial charge < -0.3 is 10.0 Å².